The number of halogens is 2. The molecule has 2 rings (SSSR count). The standard InChI is InChI=1S/C19H20Cl2O3/c1-3-5-13-7-9-15(20)17(11-13)23-19(22)24-18-12-14(6-4-2)8-10-16(18)21/h7-12H,3-6H2,1-2H3. The van der Waals surface area contributed by atoms with Gasteiger partial charge in [-0.3, -0.25) is 0 Å². The molecule has 2 aromatic rings. The molecule has 0 bridgehead atoms. The lowest BCUT2D eigenvalue weighted by molar-refractivity contribution is 0.152. The lowest BCUT2D eigenvalue weighted by Gasteiger charge is -2.10. The molecule has 0 saturated heterocycles. The molecule has 0 N–H and O–H groups in total. The number of benzene rings is 2. The molecule has 0 atom stereocenters. The Hall–Kier alpha value is -1.71. The molecule has 24 heavy (non-hydrogen) atoms. The summed E-state index contributed by atoms with van der Waals surface area (Å²) in [6.45, 7) is 4.16. The molecule has 0 unspecified atom stereocenters. The molecule has 3 nitrogen and oxygen atoms in total. The van der Waals surface area contributed by atoms with Crippen LogP contribution in [0, 0.1) is 0 Å². The number of carbonyl (C=O) groups excluding carboxylic acids is 1. The summed E-state index contributed by atoms with van der Waals surface area (Å²) in [4.78, 5) is 12.1. The molecule has 0 saturated carbocycles. The first-order valence-electron chi connectivity index (χ1n) is 8.00. The van der Waals surface area contributed by atoms with Crippen LogP contribution in [0.1, 0.15) is 37.8 Å². The average molecular weight is 367 g/mol. The Labute approximate surface area is 152 Å². The normalized spacial score (nSPS) is 10.5. The molecule has 128 valence electrons. The van der Waals surface area contributed by atoms with Crippen LogP contribution in [0.3, 0.4) is 0 Å². The Balaban J connectivity index is 2.11. The molecule has 0 fully saturated rings. The van der Waals surface area contributed by atoms with Gasteiger partial charge >= 0.3 is 6.16 Å². The summed E-state index contributed by atoms with van der Waals surface area (Å²) in [5.74, 6) is 0.571. The van der Waals surface area contributed by atoms with Crippen molar-refractivity contribution in [2.45, 2.75) is 39.5 Å². The lowest BCUT2D eigenvalue weighted by Crippen LogP contribution is -2.14. The van der Waals surface area contributed by atoms with E-state index in [1.807, 2.05) is 12.1 Å². The molecule has 0 amide bonds. The van der Waals surface area contributed by atoms with E-state index in [1.165, 1.54) is 0 Å². The van der Waals surface area contributed by atoms with Gasteiger partial charge in [-0.2, -0.15) is 0 Å². The van der Waals surface area contributed by atoms with Gasteiger partial charge in [0.05, 0.1) is 10.0 Å². The molecule has 0 aliphatic rings. The highest BCUT2D eigenvalue weighted by molar-refractivity contribution is 6.32. The van der Waals surface area contributed by atoms with Crippen molar-refractivity contribution >= 4 is 29.4 Å². The van der Waals surface area contributed by atoms with Gasteiger partial charge in [0.2, 0.25) is 0 Å². The van der Waals surface area contributed by atoms with Crippen LogP contribution in [0.15, 0.2) is 36.4 Å². The molecule has 0 spiro atoms. The zero-order valence-electron chi connectivity index (χ0n) is 13.8. The van der Waals surface area contributed by atoms with Gasteiger partial charge in [-0.05, 0) is 48.2 Å². The van der Waals surface area contributed by atoms with Crippen LogP contribution >= 0.6 is 23.2 Å². The van der Waals surface area contributed by atoms with E-state index in [0.29, 0.717) is 10.0 Å². The number of hydrogen-bond acceptors (Lipinski definition) is 3. The van der Waals surface area contributed by atoms with Crippen molar-refractivity contribution in [3.63, 3.8) is 0 Å². The molecule has 2 aromatic carbocycles. The summed E-state index contributed by atoms with van der Waals surface area (Å²) in [6.07, 6.45) is 2.89. The quantitative estimate of drug-likeness (QED) is 0.433. The number of carbonyl (C=O) groups is 1. The Bertz CT molecular complexity index is 654. The predicted molar refractivity (Wildman–Crippen MR) is 97.5 cm³/mol. The van der Waals surface area contributed by atoms with Crippen LogP contribution < -0.4 is 9.47 Å². The second-order valence-corrected chi connectivity index (χ2v) is 6.30. The minimum Gasteiger partial charge on any atom is -0.393 e. The second kappa shape index (κ2) is 8.95. The van der Waals surface area contributed by atoms with Gasteiger partial charge in [0.1, 0.15) is 0 Å². The molecule has 0 heterocycles. The van der Waals surface area contributed by atoms with E-state index in [-0.39, 0.29) is 11.5 Å². The van der Waals surface area contributed by atoms with Crippen molar-refractivity contribution in [3.8, 4) is 11.5 Å². The maximum atomic E-state index is 12.1. The predicted octanol–water partition coefficient (Wildman–Crippen LogP) is 6.48. The highest BCUT2D eigenvalue weighted by atomic mass is 35.5. The molecule has 0 aromatic heterocycles. The number of rotatable bonds is 6. The van der Waals surface area contributed by atoms with E-state index < -0.39 is 6.16 Å². The fourth-order valence-electron chi connectivity index (χ4n) is 2.34. The van der Waals surface area contributed by atoms with Gasteiger partial charge in [0.25, 0.3) is 0 Å². The van der Waals surface area contributed by atoms with Crippen molar-refractivity contribution in [1.82, 2.24) is 0 Å². The van der Waals surface area contributed by atoms with Crippen LogP contribution in [0.25, 0.3) is 0 Å². The van der Waals surface area contributed by atoms with Crippen LogP contribution in [0.4, 0.5) is 4.79 Å². The van der Waals surface area contributed by atoms with Gasteiger partial charge < -0.3 is 9.47 Å². The van der Waals surface area contributed by atoms with Crippen LogP contribution in [-0.4, -0.2) is 6.16 Å². The monoisotopic (exact) mass is 366 g/mol. The largest absolute Gasteiger partial charge is 0.519 e. The van der Waals surface area contributed by atoms with E-state index in [4.69, 9.17) is 32.7 Å². The Kier molecular flexibility index (Phi) is 6.95. The van der Waals surface area contributed by atoms with Crippen molar-refractivity contribution in [3.05, 3.63) is 57.6 Å². The number of aryl methyl sites for hydroxylation is 2. The number of hydrogen-bond donors (Lipinski definition) is 0. The fourth-order valence-corrected chi connectivity index (χ4v) is 2.65. The van der Waals surface area contributed by atoms with Gasteiger partial charge in [-0.1, -0.05) is 62.0 Å². The summed E-state index contributed by atoms with van der Waals surface area (Å²) in [7, 11) is 0. The van der Waals surface area contributed by atoms with E-state index in [2.05, 4.69) is 13.8 Å². The van der Waals surface area contributed by atoms with Crippen LogP contribution in [0.2, 0.25) is 10.0 Å². The van der Waals surface area contributed by atoms with Gasteiger partial charge in [0, 0.05) is 0 Å². The zero-order valence-corrected chi connectivity index (χ0v) is 15.3. The Morgan fingerprint density at radius 1 is 0.833 bits per heavy atom. The van der Waals surface area contributed by atoms with Crippen molar-refractivity contribution in [2.75, 3.05) is 0 Å². The molecule has 0 aliphatic carbocycles. The first kappa shape index (κ1) is 18.6. The van der Waals surface area contributed by atoms with Gasteiger partial charge in [-0.15, -0.1) is 0 Å². The third-order valence-electron chi connectivity index (χ3n) is 3.46. The van der Waals surface area contributed by atoms with E-state index in [1.54, 1.807) is 24.3 Å². The van der Waals surface area contributed by atoms with E-state index in [0.717, 1.165) is 36.8 Å². The molecule has 5 heteroatoms. The molecular formula is C19H20Cl2O3. The third-order valence-corrected chi connectivity index (χ3v) is 4.08. The van der Waals surface area contributed by atoms with Crippen LogP contribution in [0.5, 0.6) is 11.5 Å². The summed E-state index contributed by atoms with van der Waals surface area (Å²) in [5.41, 5.74) is 2.10. The molecule has 0 radical (unpaired) electrons. The maximum absolute atomic E-state index is 12.1. The Morgan fingerprint density at radius 3 is 1.62 bits per heavy atom. The van der Waals surface area contributed by atoms with E-state index >= 15 is 0 Å². The second-order valence-electron chi connectivity index (χ2n) is 5.48. The summed E-state index contributed by atoms with van der Waals surface area (Å²) in [5, 5.41) is 0.718. The summed E-state index contributed by atoms with van der Waals surface area (Å²) >= 11 is 12.2. The van der Waals surface area contributed by atoms with Crippen LogP contribution in [-0.2, 0) is 12.8 Å². The fraction of sp³-hybridized carbons (Fsp3) is 0.316. The van der Waals surface area contributed by atoms with Crippen molar-refractivity contribution in [2.24, 2.45) is 0 Å². The first-order chi connectivity index (χ1) is 11.5. The SMILES string of the molecule is CCCc1ccc(Cl)c(OC(=O)Oc2cc(CCC)ccc2Cl)c1. The van der Waals surface area contributed by atoms with Gasteiger partial charge in [-0.25, -0.2) is 4.79 Å². The third kappa shape index (κ3) is 5.15. The van der Waals surface area contributed by atoms with Gasteiger partial charge in [0.15, 0.2) is 11.5 Å². The number of ether oxygens (including phenoxy) is 2. The van der Waals surface area contributed by atoms with Crippen molar-refractivity contribution in [1.29, 1.82) is 0 Å². The van der Waals surface area contributed by atoms with E-state index in [9.17, 15) is 4.79 Å². The topological polar surface area (TPSA) is 35.5 Å². The highest BCUT2D eigenvalue weighted by Crippen LogP contribution is 2.29. The molecule has 0 aliphatic heterocycles. The maximum Gasteiger partial charge on any atom is 0.519 e. The van der Waals surface area contributed by atoms with Crippen molar-refractivity contribution < 1.29 is 14.3 Å². The average Bonchev–Trinajstić information content (AvgIpc) is 2.54. The first-order valence-corrected chi connectivity index (χ1v) is 8.75. The summed E-state index contributed by atoms with van der Waals surface area (Å²) < 4.78 is 10.5. The lowest BCUT2D eigenvalue weighted by atomic mass is 10.1. The minimum absolute atomic E-state index is 0.286. The molecular weight excluding hydrogens is 347 g/mol. The zero-order chi connectivity index (χ0) is 17.5. The highest BCUT2D eigenvalue weighted by Gasteiger charge is 2.14. The Morgan fingerprint density at radius 2 is 1.25 bits per heavy atom. The minimum atomic E-state index is -0.860. The smallest absolute Gasteiger partial charge is 0.393 e. The summed E-state index contributed by atoms with van der Waals surface area (Å²) in [6, 6.07) is 10.8.